The van der Waals surface area contributed by atoms with E-state index >= 15 is 0 Å². The van der Waals surface area contributed by atoms with Crippen molar-refractivity contribution in [1.82, 2.24) is 0 Å². The van der Waals surface area contributed by atoms with Crippen LogP contribution < -0.4 is 10.5 Å². The lowest BCUT2D eigenvalue weighted by Gasteiger charge is -2.11. The van der Waals surface area contributed by atoms with Crippen LogP contribution in [0.4, 0.5) is 5.69 Å². The highest BCUT2D eigenvalue weighted by atomic mass is 32.2. The highest BCUT2D eigenvalue weighted by Gasteiger charge is 2.17. The van der Waals surface area contributed by atoms with Gasteiger partial charge in [0.15, 0.2) is 6.61 Å². The van der Waals surface area contributed by atoms with Crippen molar-refractivity contribution in [2.45, 2.75) is 22.0 Å². The minimum atomic E-state index is -3.79. The molecule has 0 aliphatic carbocycles. The Morgan fingerprint density at radius 1 is 1.12 bits per heavy atom. The van der Waals surface area contributed by atoms with Crippen molar-refractivity contribution in [2.24, 2.45) is 5.14 Å². The number of amides is 1. The van der Waals surface area contributed by atoms with E-state index in [0.29, 0.717) is 5.69 Å². The zero-order valence-corrected chi connectivity index (χ0v) is 15.5. The van der Waals surface area contributed by atoms with Crippen LogP contribution in [0, 0.1) is 0 Å². The molecule has 1 amide bonds. The largest absolute Gasteiger partial charge is 0.455 e. The van der Waals surface area contributed by atoms with Crippen molar-refractivity contribution in [1.29, 1.82) is 0 Å². The van der Waals surface area contributed by atoms with Crippen molar-refractivity contribution in [3.05, 3.63) is 54.6 Å². The van der Waals surface area contributed by atoms with Gasteiger partial charge in [-0.25, -0.2) is 13.6 Å². The van der Waals surface area contributed by atoms with Gasteiger partial charge in [-0.1, -0.05) is 18.2 Å². The molecule has 2 rings (SSSR count). The Morgan fingerprint density at radius 3 is 2.31 bits per heavy atom. The maximum atomic E-state index is 12.0. The fourth-order valence-electron chi connectivity index (χ4n) is 1.93. The third-order valence-electron chi connectivity index (χ3n) is 3.20. The van der Waals surface area contributed by atoms with Gasteiger partial charge >= 0.3 is 5.97 Å². The maximum Gasteiger partial charge on any atom is 0.319 e. The van der Waals surface area contributed by atoms with Crippen molar-refractivity contribution in [3.63, 3.8) is 0 Å². The van der Waals surface area contributed by atoms with Crippen molar-refractivity contribution in [2.75, 3.05) is 11.9 Å². The Morgan fingerprint density at radius 2 is 1.73 bits per heavy atom. The van der Waals surface area contributed by atoms with Gasteiger partial charge in [-0.05, 0) is 43.3 Å². The fourth-order valence-corrected chi connectivity index (χ4v) is 3.33. The van der Waals surface area contributed by atoms with Crippen LogP contribution in [-0.2, 0) is 24.3 Å². The smallest absolute Gasteiger partial charge is 0.319 e. The number of benzene rings is 2. The molecule has 0 radical (unpaired) electrons. The number of esters is 1. The first kappa shape index (κ1) is 20.0. The second-order valence-corrected chi connectivity index (χ2v) is 8.27. The average molecular weight is 394 g/mol. The minimum absolute atomic E-state index is 0.0614. The Labute approximate surface area is 156 Å². The summed E-state index contributed by atoms with van der Waals surface area (Å²) >= 11 is 1.34. The number of hydrogen-bond acceptors (Lipinski definition) is 6. The van der Waals surface area contributed by atoms with Gasteiger partial charge in [0.25, 0.3) is 5.91 Å². The Balaban J connectivity index is 1.81. The third-order valence-corrected chi connectivity index (χ3v) is 5.22. The molecule has 138 valence electrons. The van der Waals surface area contributed by atoms with Gasteiger partial charge in [-0.2, -0.15) is 0 Å². The molecular weight excluding hydrogens is 376 g/mol. The molecule has 0 bridgehead atoms. The number of carbonyl (C=O) groups excluding carboxylic acids is 2. The molecule has 0 aromatic heterocycles. The van der Waals surface area contributed by atoms with Gasteiger partial charge in [0, 0.05) is 10.6 Å². The average Bonchev–Trinajstić information content (AvgIpc) is 2.60. The number of hydrogen-bond donors (Lipinski definition) is 2. The molecule has 0 saturated heterocycles. The molecule has 26 heavy (non-hydrogen) atoms. The van der Waals surface area contributed by atoms with E-state index in [-0.39, 0.29) is 4.90 Å². The first-order valence-corrected chi connectivity index (χ1v) is 9.99. The summed E-state index contributed by atoms with van der Waals surface area (Å²) in [6.07, 6.45) is 0. The highest BCUT2D eigenvalue weighted by molar-refractivity contribution is 8.00. The number of primary sulfonamides is 1. The number of thioether (sulfide) groups is 1. The predicted molar refractivity (Wildman–Crippen MR) is 99.2 cm³/mol. The summed E-state index contributed by atoms with van der Waals surface area (Å²) in [5.41, 5.74) is 0.366. The van der Waals surface area contributed by atoms with Crippen LogP contribution in [0.25, 0.3) is 0 Å². The molecule has 0 aliphatic rings. The predicted octanol–water partition coefficient (Wildman–Crippen LogP) is 2.00. The van der Waals surface area contributed by atoms with Crippen molar-refractivity contribution in [3.8, 4) is 0 Å². The number of nitrogens with two attached hydrogens (primary N) is 1. The SMILES string of the molecule is C[C@H](Sc1ccccc1)C(=O)OCC(=O)Nc1ccc(S(N)(=O)=O)cc1. The Bertz CT molecular complexity index is 868. The first-order chi connectivity index (χ1) is 12.3. The molecule has 0 aliphatic heterocycles. The van der Waals surface area contributed by atoms with Crippen molar-refractivity contribution < 1.29 is 22.7 Å². The molecule has 0 unspecified atom stereocenters. The maximum absolute atomic E-state index is 12.0. The van der Waals surface area contributed by atoms with E-state index in [0.717, 1.165) is 4.90 Å². The molecule has 0 heterocycles. The van der Waals surface area contributed by atoms with Crippen LogP contribution in [-0.4, -0.2) is 32.2 Å². The molecule has 9 heteroatoms. The summed E-state index contributed by atoms with van der Waals surface area (Å²) in [7, 11) is -3.79. The summed E-state index contributed by atoms with van der Waals surface area (Å²) in [4.78, 5) is 24.7. The molecule has 1 atom stereocenters. The molecule has 3 N–H and O–H groups in total. The molecular formula is C17H18N2O5S2. The summed E-state index contributed by atoms with van der Waals surface area (Å²) in [5, 5.41) is 7.04. The molecule has 2 aromatic rings. The van der Waals surface area contributed by atoms with Gasteiger partial charge in [0.2, 0.25) is 10.0 Å². The van der Waals surface area contributed by atoms with E-state index in [1.807, 2.05) is 30.3 Å². The van der Waals surface area contributed by atoms with Gasteiger partial charge in [-0.15, -0.1) is 11.8 Å². The quantitative estimate of drug-likeness (QED) is 0.548. The van der Waals surface area contributed by atoms with Crippen LogP contribution in [0.15, 0.2) is 64.4 Å². The highest BCUT2D eigenvalue weighted by Crippen LogP contribution is 2.23. The van der Waals surface area contributed by atoms with E-state index in [4.69, 9.17) is 9.88 Å². The molecule has 0 spiro atoms. The molecule has 0 saturated carbocycles. The van der Waals surface area contributed by atoms with Gasteiger partial charge in [0.05, 0.1) is 4.90 Å². The summed E-state index contributed by atoms with van der Waals surface area (Å²) < 4.78 is 27.3. The second kappa shape index (κ2) is 8.84. The van der Waals surface area contributed by atoms with Gasteiger partial charge < -0.3 is 10.1 Å². The normalized spacial score (nSPS) is 12.2. The van der Waals surface area contributed by atoms with Crippen molar-refractivity contribution >= 4 is 39.3 Å². The van der Waals surface area contributed by atoms with Crippen LogP contribution in [0.2, 0.25) is 0 Å². The van der Waals surface area contributed by atoms with Crippen LogP contribution in [0.1, 0.15) is 6.92 Å². The lowest BCUT2D eigenvalue weighted by molar-refractivity contribution is -0.146. The van der Waals surface area contributed by atoms with Crippen LogP contribution >= 0.6 is 11.8 Å². The number of ether oxygens (including phenoxy) is 1. The molecule has 2 aromatic carbocycles. The van der Waals surface area contributed by atoms with E-state index in [1.54, 1.807) is 6.92 Å². The Hall–Kier alpha value is -2.36. The molecule has 7 nitrogen and oxygen atoms in total. The topological polar surface area (TPSA) is 116 Å². The third kappa shape index (κ3) is 6.17. The summed E-state index contributed by atoms with van der Waals surface area (Å²) in [6, 6.07) is 14.7. The number of anilines is 1. The summed E-state index contributed by atoms with van der Waals surface area (Å²) in [6.45, 7) is 1.26. The second-order valence-electron chi connectivity index (χ2n) is 5.30. The number of nitrogens with one attached hydrogen (secondary N) is 1. The zero-order chi connectivity index (χ0) is 19.2. The lowest BCUT2D eigenvalue weighted by Crippen LogP contribution is -2.24. The monoisotopic (exact) mass is 394 g/mol. The zero-order valence-electron chi connectivity index (χ0n) is 13.9. The molecule has 0 fully saturated rings. The lowest BCUT2D eigenvalue weighted by atomic mass is 10.3. The van der Waals surface area contributed by atoms with E-state index in [1.165, 1.54) is 36.0 Å². The summed E-state index contributed by atoms with van der Waals surface area (Å²) in [5.74, 6) is -1.03. The van der Waals surface area contributed by atoms with Gasteiger partial charge in [0.1, 0.15) is 5.25 Å². The first-order valence-electron chi connectivity index (χ1n) is 7.57. The van der Waals surface area contributed by atoms with E-state index in [2.05, 4.69) is 5.32 Å². The van der Waals surface area contributed by atoms with E-state index < -0.39 is 33.8 Å². The number of sulfonamides is 1. The van der Waals surface area contributed by atoms with Crippen LogP contribution in [0.5, 0.6) is 0 Å². The van der Waals surface area contributed by atoms with Crippen LogP contribution in [0.3, 0.4) is 0 Å². The van der Waals surface area contributed by atoms with Gasteiger partial charge in [-0.3, -0.25) is 9.59 Å². The number of rotatable bonds is 7. The standard InChI is InChI=1S/C17H18N2O5S2/c1-12(25-14-5-3-2-4-6-14)17(21)24-11-16(20)19-13-7-9-15(10-8-13)26(18,22)23/h2-10,12H,11H2,1H3,(H,19,20)(H2,18,22,23)/t12-/m0/s1. The minimum Gasteiger partial charge on any atom is -0.455 e. The Kier molecular flexibility index (Phi) is 6.78. The van der Waals surface area contributed by atoms with E-state index in [9.17, 15) is 18.0 Å². The number of carbonyl (C=O) groups is 2. The fraction of sp³-hybridized carbons (Fsp3) is 0.176.